The first-order valence-corrected chi connectivity index (χ1v) is 9.28. The molecule has 1 fully saturated rings. The molecule has 8 heteroatoms. The molecule has 1 saturated heterocycles. The number of carbonyl (C=O) groups is 2. The van der Waals surface area contributed by atoms with E-state index in [4.69, 9.17) is 9.47 Å². The van der Waals surface area contributed by atoms with Gasteiger partial charge in [-0.25, -0.2) is 4.79 Å². The average molecular weight is 399 g/mol. The summed E-state index contributed by atoms with van der Waals surface area (Å²) in [7, 11) is 3.05. The van der Waals surface area contributed by atoms with E-state index in [0.717, 1.165) is 11.3 Å². The summed E-state index contributed by atoms with van der Waals surface area (Å²) in [5.74, 6) is 0.784. The fourth-order valence-electron chi connectivity index (χ4n) is 3.30. The van der Waals surface area contributed by atoms with Gasteiger partial charge in [-0.2, -0.15) is 0 Å². The summed E-state index contributed by atoms with van der Waals surface area (Å²) >= 11 is 0. The quantitative estimate of drug-likeness (QED) is 0.661. The molecule has 3 rings (SSSR count). The summed E-state index contributed by atoms with van der Waals surface area (Å²) in [6, 6.07) is 10.1. The zero-order valence-electron chi connectivity index (χ0n) is 16.7. The van der Waals surface area contributed by atoms with E-state index in [1.54, 1.807) is 41.3 Å². The van der Waals surface area contributed by atoms with E-state index in [0.29, 0.717) is 35.7 Å². The topological polar surface area (TPSA) is 100 Å². The highest BCUT2D eigenvalue weighted by molar-refractivity contribution is 5.97. The molecule has 8 nitrogen and oxygen atoms in total. The minimum absolute atomic E-state index is 0.0116. The molecule has 2 aromatic carbocycles. The number of benzene rings is 2. The highest BCUT2D eigenvalue weighted by Crippen LogP contribution is 2.29. The van der Waals surface area contributed by atoms with Crippen LogP contribution in [0, 0.1) is 6.92 Å². The SMILES string of the molecule is COc1ccc(OC)c(C(O)CNC(=O)c2ccc(N3CCNC3=O)c(C)c2)c1. The Labute approximate surface area is 169 Å². The first kappa shape index (κ1) is 20.5. The predicted octanol–water partition coefficient (Wildman–Crippen LogP) is 2.01. The molecule has 3 N–H and O–H groups in total. The van der Waals surface area contributed by atoms with Crippen LogP contribution in [0.25, 0.3) is 0 Å². The van der Waals surface area contributed by atoms with E-state index >= 15 is 0 Å². The number of urea groups is 1. The number of ether oxygens (including phenoxy) is 2. The largest absolute Gasteiger partial charge is 0.497 e. The van der Waals surface area contributed by atoms with Crippen molar-refractivity contribution in [2.75, 3.05) is 38.8 Å². The second kappa shape index (κ2) is 8.83. The Morgan fingerprint density at radius 2 is 2.03 bits per heavy atom. The van der Waals surface area contributed by atoms with Gasteiger partial charge in [0.2, 0.25) is 0 Å². The normalized spacial score (nSPS) is 14.3. The van der Waals surface area contributed by atoms with Crippen molar-refractivity contribution in [2.45, 2.75) is 13.0 Å². The number of nitrogens with one attached hydrogen (secondary N) is 2. The van der Waals surface area contributed by atoms with Crippen LogP contribution in [0.2, 0.25) is 0 Å². The third-order valence-electron chi connectivity index (χ3n) is 4.86. The van der Waals surface area contributed by atoms with Gasteiger partial charge in [0.15, 0.2) is 0 Å². The van der Waals surface area contributed by atoms with E-state index in [1.165, 1.54) is 14.2 Å². The van der Waals surface area contributed by atoms with Crippen LogP contribution in [0.15, 0.2) is 36.4 Å². The third kappa shape index (κ3) is 4.43. The van der Waals surface area contributed by atoms with Crippen LogP contribution in [0.3, 0.4) is 0 Å². The Bertz CT molecular complexity index is 915. The number of hydrogen-bond donors (Lipinski definition) is 3. The van der Waals surface area contributed by atoms with Crippen molar-refractivity contribution < 1.29 is 24.2 Å². The van der Waals surface area contributed by atoms with Crippen molar-refractivity contribution in [1.29, 1.82) is 0 Å². The lowest BCUT2D eigenvalue weighted by molar-refractivity contribution is 0.0914. The Morgan fingerprint density at radius 3 is 2.66 bits per heavy atom. The molecular weight excluding hydrogens is 374 g/mol. The lowest BCUT2D eigenvalue weighted by Crippen LogP contribution is -2.30. The summed E-state index contributed by atoms with van der Waals surface area (Å²) in [5, 5.41) is 16.0. The molecule has 1 atom stereocenters. The van der Waals surface area contributed by atoms with Crippen LogP contribution in [0.5, 0.6) is 11.5 Å². The number of rotatable bonds is 7. The maximum atomic E-state index is 12.5. The van der Waals surface area contributed by atoms with Crippen molar-refractivity contribution in [3.8, 4) is 11.5 Å². The Hall–Kier alpha value is -3.26. The summed E-state index contributed by atoms with van der Waals surface area (Å²) in [6.07, 6.45) is -0.960. The number of aliphatic hydroxyl groups is 1. The second-order valence-corrected chi connectivity index (χ2v) is 6.72. The van der Waals surface area contributed by atoms with Gasteiger partial charge in [-0.05, 0) is 48.9 Å². The number of carbonyl (C=O) groups excluding carboxylic acids is 2. The van der Waals surface area contributed by atoms with Crippen molar-refractivity contribution in [1.82, 2.24) is 10.6 Å². The predicted molar refractivity (Wildman–Crippen MR) is 109 cm³/mol. The number of aryl methyl sites for hydroxylation is 1. The number of nitrogens with zero attached hydrogens (tertiary/aromatic N) is 1. The summed E-state index contributed by atoms with van der Waals surface area (Å²) < 4.78 is 10.5. The van der Waals surface area contributed by atoms with Gasteiger partial charge < -0.3 is 25.2 Å². The molecule has 29 heavy (non-hydrogen) atoms. The van der Waals surface area contributed by atoms with E-state index in [-0.39, 0.29) is 18.5 Å². The Balaban J connectivity index is 1.68. The van der Waals surface area contributed by atoms with Crippen molar-refractivity contribution in [2.24, 2.45) is 0 Å². The van der Waals surface area contributed by atoms with Crippen LogP contribution >= 0.6 is 0 Å². The average Bonchev–Trinajstić information content (AvgIpc) is 3.16. The molecule has 0 aliphatic carbocycles. The zero-order valence-corrected chi connectivity index (χ0v) is 16.7. The molecular formula is C21H25N3O5. The highest BCUT2D eigenvalue weighted by Gasteiger charge is 2.23. The smallest absolute Gasteiger partial charge is 0.322 e. The van der Waals surface area contributed by atoms with Gasteiger partial charge in [0, 0.05) is 36.4 Å². The molecule has 0 aromatic heterocycles. The number of hydrogen-bond acceptors (Lipinski definition) is 5. The van der Waals surface area contributed by atoms with Crippen molar-refractivity contribution in [3.05, 3.63) is 53.1 Å². The standard InChI is InChI=1S/C21H25N3O5/c1-13-10-14(4-6-17(13)24-9-8-22-21(24)27)20(26)23-12-18(25)16-11-15(28-2)5-7-19(16)29-3/h4-7,10-11,18,25H,8-9,12H2,1-3H3,(H,22,27)(H,23,26). The van der Waals surface area contributed by atoms with Gasteiger partial charge in [-0.1, -0.05) is 0 Å². The number of amides is 3. The van der Waals surface area contributed by atoms with Gasteiger partial charge in [-0.3, -0.25) is 9.69 Å². The number of anilines is 1. The van der Waals surface area contributed by atoms with Crippen LogP contribution in [0.4, 0.5) is 10.5 Å². The first-order chi connectivity index (χ1) is 13.9. The first-order valence-electron chi connectivity index (χ1n) is 9.28. The van der Waals surface area contributed by atoms with Crippen molar-refractivity contribution in [3.63, 3.8) is 0 Å². The summed E-state index contributed by atoms with van der Waals surface area (Å²) in [4.78, 5) is 26.0. The van der Waals surface area contributed by atoms with E-state index in [1.807, 2.05) is 6.92 Å². The van der Waals surface area contributed by atoms with Gasteiger partial charge in [0.1, 0.15) is 17.6 Å². The monoisotopic (exact) mass is 399 g/mol. The van der Waals surface area contributed by atoms with Crippen LogP contribution in [0.1, 0.15) is 27.6 Å². The molecule has 154 valence electrons. The Morgan fingerprint density at radius 1 is 1.24 bits per heavy atom. The lowest BCUT2D eigenvalue weighted by atomic mass is 10.1. The number of aliphatic hydroxyl groups excluding tert-OH is 1. The fourth-order valence-corrected chi connectivity index (χ4v) is 3.30. The van der Waals surface area contributed by atoms with Gasteiger partial charge in [0.05, 0.1) is 14.2 Å². The molecule has 1 aliphatic heterocycles. The molecule has 1 aliphatic rings. The zero-order chi connectivity index (χ0) is 21.0. The van der Waals surface area contributed by atoms with Crippen LogP contribution < -0.4 is 25.0 Å². The maximum absolute atomic E-state index is 12.5. The molecule has 3 amide bonds. The second-order valence-electron chi connectivity index (χ2n) is 6.72. The molecule has 2 aromatic rings. The Kier molecular flexibility index (Phi) is 6.23. The highest BCUT2D eigenvalue weighted by atomic mass is 16.5. The molecule has 0 saturated carbocycles. The number of methoxy groups -OCH3 is 2. The van der Waals surface area contributed by atoms with Crippen molar-refractivity contribution >= 4 is 17.6 Å². The van der Waals surface area contributed by atoms with Gasteiger partial charge in [-0.15, -0.1) is 0 Å². The molecule has 0 spiro atoms. The molecule has 0 bridgehead atoms. The minimum Gasteiger partial charge on any atom is -0.497 e. The maximum Gasteiger partial charge on any atom is 0.322 e. The van der Waals surface area contributed by atoms with E-state index in [9.17, 15) is 14.7 Å². The minimum atomic E-state index is -0.960. The molecule has 1 heterocycles. The van der Waals surface area contributed by atoms with Gasteiger partial charge in [0.25, 0.3) is 5.91 Å². The summed E-state index contributed by atoms with van der Waals surface area (Å²) in [6.45, 7) is 3.07. The molecule has 0 radical (unpaired) electrons. The lowest BCUT2D eigenvalue weighted by Gasteiger charge is -2.18. The summed E-state index contributed by atoms with van der Waals surface area (Å²) in [5.41, 5.74) is 2.58. The van der Waals surface area contributed by atoms with Crippen LogP contribution in [-0.2, 0) is 0 Å². The van der Waals surface area contributed by atoms with E-state index < -0.39 is 6.10 Å². The third-order valence-corrected chi connectivity index (χ3v) is 4.86. The van der Waals surface area contributed by atoms with Gasteiger partial charge >= 0.3 is 6.03 Å². The van der Waals surface area contributed by atoms with Crippen LogP contribution in [-0.4, -0.2) is 50.9 Å². The molecule has 1 unspecified atom stereocenters. The fraction of sp³-hybridized carbons (Fsp3) is 0.333. The van der Waals surface area contributed by atoms with E-state index in [2.05, 4.69) is 10.6 Å².